The molecule has 0 bridgehead atoms. The van der Waals surface area contributed by atoms with Crippen molar-refractivity contribution in [3.8, 4) is 0 Å². The van der Waals surface area contributed by atoms with Gasteiger partial charge in [-0.05, 0) is 37.2 Å². The third kappa shape index (κ3) is 2.00. The van der Waals surface area contributed by atoms with Gasteiger partial charge in [0.15, 0.2) is 0 Å². The van der Waals surface area contributed by atoms with Gasteiger partial charge in [-0.15, -0.1) is 0 Å². The maximum absolute atomic E-state index is 4.04. The molecule has 0 atom stereocenters. The number of rotatable bonds is 1. The van der Waals surface area contributed by atoms with Crippen LogP contribution >= 0.6 is 0 Å². The van der Waals surface area contributed by atoms with Crippen molar-refractivity contribution >= 4 is 0 Å². The molecule has 1 saturated carbocycles. The van der Waals surface area contributed by atoms with E-state index in [1.54, 1.807) is 0 Å². The zero-order valence-electron chi connectivity index (χ0n) is 8.00. The van der Waals surface area contributed by atoms with Crippen LogP contribution < -0.4 is 0 Å². The lowest BCUT2D eigenvalue weighted by Crippen LogP contribution is -2.05. The average molecular weight is 172 g/mol. The zero-order valence-corrected chi connectivity index (χ0v) is 8.00. The lowest BCUT2D eigenvalue weighted by molar-refractivity contribution is 0.518. The van der Waals surface area contributed by atoms with Gasteiger partial charge >= 0.3 is 0 Å². The fourth-order valence-electron chi connectivity index (χ4n) is 2.08. The van der Waals surface area contributed by atoms with E-state index >= 15 is 0 Å². The summed E-state index contributed by atoms with van der Waals surface area (Å²) < 4.78 is 0. The van der Waals surface area contributed by atoms with E-state index in [9.17, 15) is 0 Å². The summed E-state index contributed by atoms with van der Waals surface area (Å²) in [6, 6.07) is 10.9. The lowest BCUT2D eigenvalue weighted by Gasteiger charge is -2.23. The first-order valence-corrected chi connectivity index (χ1v) is 5.08. The number of allylic oxidation sites excluding steroid dienone is 1. The summed E-state index contributed by atoms with van der Waals surface area (Å²) in [6.07, 6.45) is 5.03. The quantitative estimate of drug-likeness (QED) is 0.563. The van der Waals surface area contributed by atoms with Crippen molar-refractivity contribution in [3.63, 3.8) is 0 Å². The third-order valence-electron chi connectivity index (χ3n) is 2.96. The highest BCUT2D eigenvalue weighted by molar-refractivity contribution is 5.21. The second-order valence-electron chi connectivity index (χ2n) is 3.93. The minimum atomic E-state index is 0.784. The Bertz CT molecular complexity index is 274. The fraction of sp³-hybridized carbons (Fsp3) is 0.385. The van der Waals surface area contributed by atoms with Crippen LogP contribution in [-0.2, 0) is 0 Å². The van der Waals surface area contributed by atoms with Crippen molar-refractivity contribution in [1.82, 2.24) is 0 Å². The van der Waals surface area contributed by atoms with Gasteiger partial charge in [0.1, 0.15) is 0 Å². The Morgan fingerprint density at radius 2 is 1.62 bits per heavy atom. The third-order valence-corrected chi connectivity index (χ3v) is 2.96. The summed E-state index contributed by atoms with van der Waals surface area (Å²) in [6.45, 7) is 4.04. The van der Waals surface area contributed by atoms with Crippen molar-refractivity contribution in [2.75, 3.05) is 0 Å². The Balaban J connectivity index is 2.07. The Labute approximate surface area is 80.3 Å². The Hall–Kier alpha value is -1.04. The molecular formula is C13H16. The van der Waals surface area contributed by atoms with Crippen LogP contribution in [0.1, 0.15) is 37.2 Å². The summed E-state index contributed by atoms with van der Waals surface area (Å²) >= 11 is 0. The Morgan fingerprint density at radius 1 is 1.00 bits per heavy atom. The van der Waals surface area contributed by atoms with E-state index in [0.29, 0.717) is 0 Å². The van der Waals surface area contributed by atoms with Gasteiger partial charge in [0.05, 0.1) is 0 Å². The SMILES string of the molecule is C=C1CCC(c2ccccc2)CC1. The van der Waals surface area contributed by atoms with Gasteiger partial charge in [0, 0.05) is 0 Å². The van der Waals surface area contributed by atoms with Gasteiger partial charge in [-0.25, -0.2) is 0 Å². The summed E-state index contributed by atoms with van der Waals surface area (Å²) in [4.78, 5) is 0. The van der Waals surface area contributed by atoms with Crippen LogP contribution in [-0.4, -0.2) is 0 Å². The van der Waals surface area contributed by atoms with Gasteiger partial charge in [0.2, 0.25) is 0 Å². The molecule has 0 radical (unpaired) electrons. The predicted octanol–water partition coefficient (Wildman–Crippen LogP) is 3.90. The molecular weight excluding hydrogens is 156 g/mol. The van der Waals surface area contributed by atoms with E-state index in [-0.39, 0.29) is 0 Å². The molecule has 0 aromatic heterocycles. The number of benzene rings is 1. The summed E-state index contributed by atoms with van der Waals surface area (Å²) in [7, 11) is 0. The molecule has 2 rings (SSSR count). The summed E-state index contributed by atoms with van der Waals surface area (Å²) in [5, 5.41) is 0. The molecule has 0 saturated heterocycles. The molecule has 0 heteroatoms. The van der Waals surface area contributed by atoms with Gasteiger partial charge in [0.25, 0.3) is 0 Å². The van der Waals surface area contributed by atoms with Gasteiger partial charge in [-0.2, -0.15) is 0 Å². The van der Waals surface area contributed by atoms with Crippen LogP contribution in [0, 0.1) is 0 Å². The molecule has 1 aromatic rings. The molecule has 0 heterocycles. The highest BCUT2D eigenvalue weighted by Gasteiger charge is 2.16. The normalized spacial score (nSPS) is 18.9. The van der Waals surface area contributed by atoms with E-state index < -0.39 is 0 Å². The maximum Gasteiger partial charge on any atom is -0.0156 e. The van der Waals surface area contributed by atoms with Gasteiger partial charge in [-0.3, -0.25) is 0 Å². The molecule has 0 N–H and O–H groups in total. The minimum Gasteiger partial charge on any atom is -0.0999 e. The summed E-state index contributed by atoms with van der Waals surface area (Å²) in [5.41, 5.74) is 2.95. The van der Waals surface area contributed by atoms with Crippen molar-refractivity contribution < 1.29 is 0 Å². The van der Waals surface area contributed by atoms with Crippen molar-refractivity contribution in [1.29, 1.82) is 0 Å². The predicted molar refractivity (Wildman–Crippen MR) is 56.8 cm³/mol. The number of hydrogen-bond donors (Lipinski definition) is 0. The minimum absolute atomic E-state index is 0.784. The Morgan fingerprint density at radius 3 is 2.23 bits per heavy atom. The monoisotopic (exact) mass is 172 g/mol. The van der Waals surface area contributed by atoms with Crippen LogP contribution in [0.25, 0.3) is 0 Å². The topological polar surface area (TPSA) is 0 Å². The van der Waals surface area contributed by atoms with Crippen LogP contribution in [0.5, 0.6) is 0 Å². The molecule has 1 fully saturated rings. The van der Waals surface area contributed by atoms with E-state index in [1.165, 1.54) is 36.8 Å². The van der Waals surface area contributed by atoms with Crippen LogP contribution in [0.15, 0.2) is 42.5 Å². The summed E-state index contributed by atoms with van der Waals surface area (Å²) in [5.74, 6) is 0.784. The lowest BCUT2D eigenvalue weighted by atomic mass is 9.82. The molecule has 1 aliphatic rings. The van der Waals surface area contributed by atoms with Crippen LogP contribution in [0.3, 0.4) is 0 Å². The molecule has 0 nitrogen and oxygen atoms in total. The maximum atomic E-state index is 4.04. The molecule has 1 aliphatic carbocycles. The van der Waals surface area contributed by atoms with Crippen molar-refractivity contribution in [3.05, 3.63) is 48.0 Å². The molecule has 0 aliphatic heterocycles. The smallest absolute Gasteiger partial charge is 0.0156 e. The molecule has 13 heavy (non-hydrogen) atoms. The number of hydrogen-bond acceptors (Lipinski definition) is 0. The molecule has 0 spiro atoms. The Kier molecular flexibility index (Phi) is 2.49. The first kappa shape index (κ1) is 8.55. The molecule has 68 valence electrons. The fourth-order valence-corrected chi connectivity index (χ4v) is 2.08. The largest absolute Gasteiger partial charge is 0.0999 e. The second kappa shape index (κ2) is 3.78. The van der Waals surface area contributed by atoms with Crippen LogP contribution in [0.4, 0.5) is 0 Å². The van der Waals surface area contributed by atoms with E-state index in [4.69, 9.17) is 0 Å². The average Bonchev–Trinajstić information content (AvgIpc) is 2.20. The zero-order chi connectivity index (χ0) is 9.10. The highest BCUT2D eigenvalue weighted by Crippen LogP contribution is 2.34. The van der Waals surface area contributed by atoms with Gasteiger partial charge in [-0.1, -0.05) is 42.5 Å². The van der Waals surface area contributed by atoms with E-state index in [1.807, 2.05) is 0 Å². The first-order valence-electron chi connectivity index (χ1n) is 5.08. The highest BCUT2D eigenvalue weighted by atomic mass is 14.2. The van der Waals surface area contributed by atoms with Crippen LogP contribution in [0.2, 0.25) is 0 Å². The standard InChI is InChI=1S/C13H16/c1-11-7-9-13(10-8-11)12-5-3-2-4-6-12/h2-6,13H,1,7-10H2. The van der Waals surface area contributed by atoms with Crippen molar-refractivity contribution in [2.24, 2.45) is 0 Å². The second-order valence-corrected chi connectivity index (χ2v) is 3.93. The molecule has 0 amide bonds. The van der Waals surface area contributed by atoms with E-state index in [2.05, 4.69) is 36.9 Å². The first-order chi connectivity index (χ1) is 6.36. The molecule has 0 unspecified atom stereocenters. The molecule has 1 aromatic carbocycles. The van der Waals surface area contributed by atoms with E-state index in [0.717, 1.165) is 5.92 Å². The van der Waals surface area contributed by atoms with Crippen molar-refractivity contribution in [2.45, 2.75) is 31.6 Å². The van der Waals surface area contributed by atoms with Gasteiger partial charge < -0.3 is 0 Å².